The minimum Gasteiger partial charge on any atom is -0.358 e. The molecular weight excluding hydrogens is 290 g/mol. The van der Waals surface area contributed by atoms with E-state index in [0.29, 0.717) is 18.0 Å². The van der Waals surface area contributed by atoms with Crippen LogP contribution in [0.5, 0.6) is 0 Å². The molecule has 23 heavy (non-hydrogen) atoms. The molecule has 0 spiro atoms. The number of nitriles is 1. The topological polar surface area (TPSA) is 74.0 Å². The fourth-order valence-corrected chi connectivity index (χ4v) is 2.71. The first-order chi connectivity index (χ1) is 10.7. The molecule has 0 aromatic carbocycles. The zero-order valence-electron chi connectivity index (χ0n) is 14.3. The van der Waals surface area contributed by atoms with Gasteiger partial charge in [0.05, 0.1) is 29.9 Å². The molecule has 1 N–H and O–H groups in total. The van der Waals surface area contributed by atoms with Crippen molar-refractivity contribution in [2.45, 2.75) is 45.7 Å². The minimum absolute atomic E-state index is 0.141. The van der Waals surface area contributed by atoms with E-state index in [2.05, 4.69) is 30.0 Å². The van der Waals surface area contributed by atoms with E-state index in [1.54, 1.807) is 17.1 Å². The summed E-state index contributed by atoms with van der Waals surface area (Å²) < 4.78 is 1.77. The molecule has 6 heteroatoms. The lowest BCUT2D eigenvalue weighted by Crippen LogP contribution is -2.35. The highest BCUT2D eigenvalue weighted by atomic mass is 16.1. The maximum Gasteiger partial charge on any atom is 0.254 e. The normalized spacial score (nSPS) is 21.1. The van der Waals surface area contributed by atoms with Crippen molar-refractivity contribution in [1.82, 2.24) is 20.0 Å². The van der Waals surface area contributed by atoms with E-state index in [1.807, 2.05) is 25.7 Å². The smallest absolute Gasteiger partial charge is 0.254 e. The highest BCUT2D eigenvalue weighted by molar-refractivity contribution is 5.93. The first kappa shape index (κ1) is 17.1. The highest BCUT2D eigenvalue weighted by Crippen LogP contribution is 2.25. The Bertz CT molecular complexity index is 634. The molecule has 0 saturated carbocycles. The summed E-state index contributed by atoms with van der Waals surface area (Å²) in [5.74, 6) is 0.291. The number of nitrogens with one attached hydrogen (secondary N) is 1. The number of likely N-dealkylation sites (tertiary alicyclic amines) is 1. The summed E-state index contributed by atoms with van der Waals surface area (Å²) in [7, 11) is 0. The van der Waals surface area contributed by atoms with Crippen molar-refractivity contribution in [3.05, 3.63) is 30.2 Å². The second-order valence-corrected chi connectivity index (χ2v) is 7.23. The second kappa shape index (κ2) is 6.45. The van der Waals surface area contributed by atoms with Crippen LogP contribution in [0.25, 0.3) is 0 Å². The molecule has 2 unspecified atom stereocenters. The Balaban J connectivity index is 1.93. The van der Waals surface area contributed by atoms with E-state index >= 15 is 0 Å². The Morgan fingerprint density at radius 2 is 2.26 bits per heavy atom. The Labute approximate surface area is 137 Å². The van der Waals surface area contributed by atoms with Crippen LogP contribution in [0.3, 0.4) is 0 Å². The standard InChI is InChI=1S/C17H25N5O/c1-12-6-15(7-18)21(10-12)13(2)8-19-16(23)14-9-20-22(11-14)17(3,4)5/h9,11-12,15H,2,6,8,10H2,1,3-5H3,(H,19,23). The van der Waals surface area contributed by atoms with Crippen LogP contribution >= 0.6 is 0 Å². The average molecular weight is 315 g/mol. The summed E-state index contributed by atoms with van der Waals surface area (Å²) in [6, 6.07) is 2.16. The minimum atomic E-state index is -0.178. The third-order valence-corrected chi connectivity index (χ3v) is 4.05. The van der Waals surface area contributed by atoms with Gasteiger partial charge in [-0.1, -0.05) is 13.5 Å². The van der Waals surface area contributed by atoms with Crippen LogP contribution in [0.1, 0.15) is 44.5 Å². The van der Waals surface area contributed by atoms with Crippen LogP contribution in [0, 0.1) is 17.2 Å². The molecular formula is C17H25N5O. The van der Waals surface area contributed by atoms with Gasteiger partial charge in [0.25, 0.3) is 5.91 Å². The molecule has 1 aliphatic rings. The van der Waals surface area contributed by atoms with Gasteiger partial charge in [0.2, 0.25) is 0 Å². The largest absolute Gasteiger partial charge is 0.358 e. The van der Waals surface area contributed by atoms with E-state index in [4.69, 9.17) is 0 Å². The molecule has 0 radical (unpaired) electrons. The first-order valence-electron chi connectivity index (χ1n) is 7.89. The zero-order valence-corrected chi connectivity index (χ0v) is 14.3. The summed E-state index contributed by atoms with van der Waals surface area (Å²) in [6.07, 6.45) is 4.16. The Morgan fingerprint density at radius 1 is 1.57 bits per heavy atom. The lowest BCUT2D eigenvalue weighted by molar-refractivity contribution is 0.0954. The van der Waals surface area contributed by atoms with Gasteiger partial charge in [-0.15, -0.1) is 0 Å². The molecule has 2 heterocycles. The predicted octanol–water partition coefficient (Wildman–Crippen LogP) is 2.12. The van der Waals surface area contributed by atoms with Crippen molar-refractivity contribution in [1.29, 1.82) is 5.26 Å². The Kier molecular flexibility index (Phi) is 4.79. The van der Waals surface area contributed by atoms with E-state index in [9.17, 15) is 10.1 Å². The molecule has 0 bridgehead atoms. The van der Waals surface area contributed by atoms with Crippen molar-refractivity contribution in [2.75, 3.05) is 13.1 Å². The van der Waals surface area contributed by atoms with Gasteiger partial charge in [0.15, 0.2) is 0 Å². The molecule has 1 aromatic rings. The lowest BCUT2D eigenvalue weighted by atomic mass is 10.1. The van der Waals surface area contributed by atoms with Crippen LogP contribution in [-0.4, -0.2) is 39.7 Å². The molecule has 2 atom stereocenters. The van der Waals surface area contributed by atoms with Gasteiger partial charge >= 0.3 is 0 Å². The third-order valence-electron chi connectivity index (χ3n) is 4.05. The van der Waals surface area contributed by atoms with Crippen LogP contribution in [0.2, 0.25) is 0 Å². The van der Waals surface area contributed by atoms with Crippen LogP contribution < -0.4 is 5.32 Å². The number of hydrogen-bond donors (Lipinski definition) is 1. The molecule has 1 fully saturated rings. The van der Waals surface area contributed by atoms with E-state index < -0.39 is 0 Å². The Hall–Kier alpha value is -2.29. The highest BCUT2D eigenvalue weighted by Gasteiger charge is 2.30. The molecule has 0 aliphatic carbocycles. The van der Waals surface area contributed by atoms with Gasteiger partial charge in [0, 0.05) is 18.4 Å². The van der Waals surface area contributed by atoms with Gasteiger partial charge in [-0.25, -0.2) is 0 Å². The van der Waals surface area contributed by atoms with Gasteiger partial charge < -0.3 is 10.2 Å². The van der Waals surface area contributed by atoms with Gasteiger partial charge in [-0.3, -0.25) is 9.48 Å². The van der Waals surface area contributed by atoms with Gasteiger partial charge in [-0.05, 0) is 33.1 Å². The third kappa shape index (κ3) is 3.92. The van der Waals surface area contributed by atoms with E-state index in [1.165, 1.54) is 0 Å². The number of rotatable bonds is 4. The number of aromatic nitrogens is 2. The summed E-state index contributed by atoms with van der Waals surface area (Å²) >= 11 is 0. The number of carbonyl (C=O) groups excluding carboxylic acids is 1. The van der Waals surface area contributed by atoms with Crippen LogP contribution in [0.4, 0.5) is 0 Å². The molecule has 1 aromatic heterocycles. The monoisotopic (exact) mass is 315 g/mol. The predicted molar refractivity (Wildman–Crippen MR) is 88.6 cm³/mol. The molecule has 1 saturated heterocycles. The fourth-order valence-electron chi connectivity index (χ4n) is 2.71. The quantitative estimate of drug-likeness (QED) is 0.923. The molecule has 2 rings (SSSR count). The Morgan fingerprint density at radius 3 is 2.83 bits per heavy atom. The first-order valence-corrected chi connectivity index (χ1v) is 7.89. The summed E-state index contributed by atoms with van der Waals surface area (Å²) in [4.78, 5) is 14.2. The summed E-state index contributed by atoms with van der Waals surface area (Å²) in [5, 5.41) is 16.3. The van der Waals surface area contributed by atoms with Crippen molar-refractivity contribution in [3.8, 4) is 6.07 Å². The van der Waals surface area contributed by atoms with Crippen LogP contribution in [0.15, 0.2) is 24.7 Å². The van der Waals surface area contributed by atoms with Crippen LogP contribution in [-0.2, 0) is 5.54 Å². The zero-order chi connectivity index (χ0) is 17.2. The number of hydrogen-bond acceptors (Lipinski definition) is 4. The summed E-state index contributed by atoms with van der Waals surface area (Å²) in [5.41, 5.74) is 1.14. The SMILES string of the molecule is C=C(CNC(=O)c1cnn(C(C)(C)C)c1)N1CC(C)CC1C#N. The lowest BCUT2D eigenvalue weighted by Gasteiger charge is -2.24. The fraction of sp³-hybridized carbons (Fsp3) is 0.588. The summed E-state index contributed by atoms with van der Waals surface area (Å²) in [6.45, 7) is 13.4. The number of nitrogens with zero attached hydrogens (tertiary/aromatic N) is 4. The van der Waals surface area contributed by atoms with Gasteiger partial charge in [0.1, 0.15) is 6.04 Å². The number of carbonyl (C=O) groups is 1. The second-order valence-electron chi connectivity index (χ2n) is 7.23. The maximum absolute atomic E-state index is 12.2. The van der Waals surface area contributed by atoms with E-state index in [-0.39, 0.29) is 17.5 Å². The van der Waals surface area contributed by atoms with Crippen molar-refractivity contribution in [3.63, 3.8) is 0 Å². The van der Waals surface area contributed by atoms with E-state index in [0.717, 1.165) is 18.7 Å². The van der Waals surface area contributed by atoms with Gasteiger partial charge in [-0.2, -0.15) is 10.4 Å². The van der Waals surface area contributed by atoms with Crippen molar-refractivity contribution >= 4 is 5.91 Å². The molecule has 1 amide bonds. The molecule has 6 nitrogen and oxygen atoms in total. The molecule has 124 valence electrons. The molecule has 1 aliphatic heterocycles. The van der Waals surface area contributed by atoms with Crippen molar-refractivity contribution in [2.24, 2.45) is 5.92 Å². The average Bonchev–Trinajstić information content (AvgIpc) is 3.10. The van der Waals surface area contributed by atoms with Crippen molar-refractivity contribution < 1.29 is 4.79 Å². The number of amides is 1. The maximum atomic E-state index is 12.2.